The number of amides is 2. The number of hydrogen-bond donors (Lipinski definition) is 3. The zero-order valence-electron chi connectivity index (χ0n) is 11.5. The number of nitrogens with one attached hydrogen (secondary N) is 2. The molecule has 3 N–H and O–H groups in total. The van der Waals surface area contributed by atoms with E-state index in [-0.39, 0.29) is 6.54 Å². The van der Waals surface area contributed by atoms with Gasteiger partial charge in [-0.25, -0.2) is 0 Å². The SMILES string of the molecule is CCC(C)(O)CNC(=O)C(=O)Nc1ccc(C)cc1. The third-order valence-electron chi connectivity index (χ3n) is 2.91. The molecule has 0 fully saturated rings. The highest BCUT2D eigenvalue weighted by molar-refractivity contribution is 6.39. The molecular formula is C14H20N2O3. The van der Waals surface area contributed by atoms with Crippen molar-refractivity contribution in [3.05, 3.63) is 29.8 Å². The Morgan fingerprint density at radius 1 is 1.21 bits per heavy atom. The lowest BCUT2D eigenvalue weighted by atomic mass is 10.0. The molecule has 104 valence electrons. The molecule has 5 heteroatoms. The Bertz CT molecular complexity index is 452. The van der Waals surface area contributed by atoms with Crippen molar-refractivity contribution in [1.82, 2.24) is 5.32 Å². The summed E-state index contributed by atoms with van der Waals surface area (Å²) in [5, 5.41) is 14.6. The Morgan fingerprint density at radius 3 is 2.32 bits per heavy atom. The molecule has 5 nitrogen and oxygen atoms in total. The third-order valence-corrected chi connectivity index (χ3v) is 2.91. The predicted octanol–water partition coefficient (Wildman–Crippen LogP) is 1.21. The van der Waals surface area contributed by atoms with Gasteiger partial charge in [0.15, 0.2) is 0 Å². The molecular weight excluding hydrogens is 244 g/mol. The average Bonchev–Trinajstić information content (AvgIpc) is 2.38. The van der Waals surface area contributed by atoms with Gasteiger partial charge < -0.3 is 15.7 Å². The second kappa shape index (κ2) is 6.33. The van der Waals surface area contributed by atoms with Gasteiger partial charge in [0, 0.05) is 12.2 Å². The second-order valence-corrected chi connectivity index (χ2v) is 4.85. The van der Waals surface area contributed by atoms with Crippen molar-refractivity contribution in [2.75, 3.05) is 11.9 Å². The van der Waals surface area contributed by atoms with Gasteiger partial charge in [0.2, 0.25) is 0 Å². The first-order valence-corrected chi connectivity index (χ1v) is 6.22. The van der Waals surface area contributed by atoms with Crippen LogP contribution < -0.4 is 10.6 Å². The van der Waals surface area contributed by atoms with Crippen molar-refractivity contribution in [3.8, 4) is 0 Å². The molecule has 0 aliphatic carbocycles. The number of anilines is 1. The molecule has 0 spiro atoms. The number of aliphatic hydroxyl groups is 1. The fourth-order valence-electron chi connectivity index (χ4n) is 1.30. The number of aryl methyl sites for hydroxylation is 1. The van der Waals surface area contributed by atoms with Crippen LogP contribution in [0.4, 0.5) is 5.69 Å². The molecule has 1 aromatic carbocycles. The van der Waals surface area contributed by atoms with Gasteiger partial charge in [-0.05, 0) is 32.4 Å². The van der Waals surface area contributed by atoms with E-state index in [1.165, 1.54) is 0 Å². The van der Waals surface area contributed by atoms with E-state index in [1.807, 2.05) is 19.1 Å². The molecule has 0 bridgehead atoms. The molecule has 0 saturated carbocycles. The van der Waals surface area contributed by atoms with Crippen LogP contribution in [-0.4, -0.2) is 29.1 Å². The molecule has 0 aromatic heterocycles. The van der Waals surface area contributed by atoms with Crippen LogP contribution in [0.2, 0.25) is 0 Å². The summed E-state index contributed by atoms with van der Waals surface area (Å²) in [6, 6.07) is 7.14. The quantitative estimate of drug-likeness (QED) is 0.715. The first-order chi connectivity index (χ1) is 8.84. The highest BCUT2D eigenvalue weighted by Crippen LogP contribution is 2.08. The molecule has 0 aliphatic rings. The van der Waals surface area contributed by atoms with Crippen LogP contribution in [0.1, 0.15) is 25.8 Å². The summed E-state index contributed by atoms with van der Waals surface area (Å²) >= 11 is 0. The van der Waals surface area contributed by atoms with Crippen molar-refractivity contribution in [3.63, 3.8) is 0 Å². The van der Waals surface area contributed by atoms with Crippen molar-refractivity contribution < 1.29 is 14.7 Å². The third kappa shape index (κ3) is 5.09. The van der Waals surface area contributed by atoms with E-state index >= 15 is 0 Å². The van der Waals surface area contributed by atoms with Crippen molar-refractivity contribution in [1.29, 1.82) is 0 Å². The number of rotatable bonds is 4. The van der Waals surface area contributed by atoms with Gasteiger partial charge >= 0.3 is 11.8 Å². The van der Waals surface area contributed by atoms with Crippen molar-refractivity contribution in [2.24, 2.45) is 0 Å². The first-order valence-electron chi connectivity index (χ1n) is 6.22. The topological polar surface area (TPSA) is 78.4 Å². The minimum absolute atomic E-state index is 0.0453. The van der Waals surface area contributed by atoms with Gasteiger partial charge in [0.25, 0.3) is 0 Å². The van der Waals surface area contributed by atoms with E-state index in [1.54, 1.807) is 26.0 Å². The van der Waals surface area contributed by atoms with Gasteiger partial charge in [0.05, 0.1) is 5.60 Å². The Labute approximate surface area is 113 Å². The van der Waals surface area contributed by atoms with E-state index in [4.69, 9.17) is 0 Å². The fourth-order valence-corrected chi connectivity index (χ4v) is 1.30. The number of hydrogen-bond acceptors (Lipinski definition) is 3. The Morgan fingerprint density at radius 2 is 1.79 bits per heavy atom. The lowest BCUT2D eigenvalue weighted by Crippen LogP contribution is -2.44. The summed E-state index contributed by atoms with van der Waals surface area (Å²) in [5.41, 5.74) is 0.634. The van der Waals surface area contributed by atoms with Crippen LogP contribution in [0.25, 0.3) is 0 Å². The molecule has 1 unspecified atom stereocenters. The number of carbonyl (C=O) groups is 2. The van der Waals surface area contributed by atoms with E-state index in [0.29, 0.717) is 12.1 Å². The summed E-state index contributed by atoms with van der Waals surface area (Å²) in [5.74, 6) is -1.50. The van der Waals surface area contributed by atoms with Crippen LogP contribution in [-0.2, 0) is 9.59 Å². The minimum atomic E-state index is -1.00. The molecule has 0 heterocycles. The zero-order chi connectivity index (χ0) is 14.5. The standard InChI is InChI=1S/C14H20N2O3/c1-4-14(3,19)9-15-12(17)13(18)16-11-7-5-10(2)6-8-11/h5-8,19H,4,9H2,1-3H3,(H,15,17)(H,16,18). The van der Waals surface area contributed by atoms with E-state index in [2.05, 4.69) is 10.6 Å². The van der Waals surface area contributed by atoms with Gasteiger partial charge in [-0.3, -0.25) is 9.59 Å². The lowest BCUT2D eigenvalue weighted by molar-refractivity contribution is -0.136. The zero-order valence-corrected chi connectivity index (χ0v) is 11.5. The normalized spacial score (nSPS) is 13.5. The van der Waals surface area contributed by atoms with Crippen molar-refractivity contribution >= 4 is 17.5 Å². The van der Waals surface area contributed by atoms with Gasteiger partial charge in [0.1, 0.15) is 0 Å². The molecule has 1 atom stereocenters. The Hall–Kier alpha value is -1.88. The van der Waals surface area contributed by atoms with E-state index in [9.17, 15) is 14.7 Å². The molecule has 0 aliphatic heterocycles. The summed E-state index contributed by atoms with van der Waals surface area (Å²) < 4.78 is 0. The maximum Gasteiger partial charge on any atom is 0.313 e. The van der Waals surface area contributed by atoms with Crippen LogP contribution in [0.3, 0.4) is 0 Å². The molecule has 1 rings (SSSR count). The largest absolute Gasteiger partial charge is 0.388 e. The molecule has 19 heavy (non-hydrogen) atoms. The maximum absolute atomic E-state index is 11.6. The van der Waals surface area contributed by atoms with E-state index in [0.717, 1.165) is 5.56 Å². The number of benzene rings is 1. The Kier molecular flexibility index (Phi) is 5.06. The predicted molar refractivity (Wildman–Crippen MR) is 73.7 cm³/mol. The van der Waals surface area contributed by atoms with Gasteiger partial charge in [-0.15, -0.1) is 0 Å². The van der Waals surface area contributed by atoms with Crippen LogP contribution in [0.15, 0.2) is 24.3 Å². The van der Waals surface area contributed by atoms with Gasteiger partial charge in [-0.2, -0.15) is 0 Å². The highest BCUT2D eigenvalue weighted by atomic mass is 16.3. The van der Waals surface area contributed by atoms with Crippen LogP contribution in [0, 0.1) is 6.92 Å². The van der Waals surface area contributed by atoms with E-state index < -0.39 is 17.4 Å². The minimum Gasteiger partial charge on any atom is -0.388 e. The van der Waals surface area contributed by atoms with Crippen LogP contribution in [0.5, 0.6) is 0 Å². The van der Waals surface area contributed by atoms with Crippen LogP contribution >= 0.6 is 0 Å². The highest BCUT2D eigenvalue weighted by Gasteiger charge is 2.21. The lowest BCUT2D eigenvalue weighted by Gasteiger charge is -2.21. The number of carbonyl (C=O) groups excluding carboxylic acids is 2. The summed E-state index contributed by atoms with van der Waals surface area (Å²) in [6.45, 7) is 5.39. The molecule has 0 radical (unpaired) electrons. The Balaban J connectivity index is 2.49. The second-order valence-electron chi connectivity index (χ2n) is 4.85. The molecule has 0 saturated heterocycles. The first kappa shape index (κ1) is 15.2. The average molecular weight is 264 g/mol. The fraction of sp³-hybridized carbons (Fsp3) is 0.429. The summed E-state index contributed by atoms with van der Waals surface area (Å²) in [4.78, 5) is 23.1. The molecule has 1 aromatic rings. The summed E-state index contributed by atoms with van der Waals surface area (Å²) in [7, 11) is 0. The van der Waals surface area contributed by atoms with Gasteiger partial charge in [-0.1, -0.05) is 24.6 Å². The smallest absolute Gasteiger partial charge is 0.313 e. The monoisotopic (exact) mass is 264 g/mol. The summed E-state index contributed by atoms with van der Waals surface area (Å²) in [6.07, 6.45) is 0.493. The van der Waals surface area contributed by atoms with Crippen molar-refractivity contribution in [2.45, 2.75) is 32.8 Å². The maximum atomic E-state index is 11.6. The molecule has 2 amide bonds.